The molecule has 0 saturated heterocycles. The highest BCUT2D eigenvalue weighted by Gasteiger charge is 2.19. The van der Waals surface area contributed by atoms with Crippen molar-refractivity contribution in [2.45, 2.75) is 290 Å². The highest BCUT2D eigenvalue weighted by molar-refractivity contribution is 5.71. The summed E-state index contributed by atoms with van der Waals surface area (Å²) in [6, 6.07) is 0. The Bertz CT molecular complexity index is 900. The second-order valence-electron chi connectivity index (χ2n) is 17.4. The quantitative estimate of drug-likeness (QED) is 0.0263. The number of hydrogen-bond acceptors (Lipinski definition) is 6. The zero-order valence-electron chi connectivity index (χ0n) is 39.1. The van der Waals surface area contributed by atoms with Crippen LogP contribution in [0.4, 0.5) is 0 Å². The normalized spacial score (nSPS) is 12.0. The van der Waals surface area contributed by atoms with Crippen molar-refractivity contribution in [1.82, 2.24) is 0 Å². The van der Waals surface area contributed by atoms with E-state index in [1.807, 2.05) is 0 Å². The van der Waals surface area contributed by atoms with E-state index >= 15 is 0 Å². The Morgan fingerprint density at radius 2 is 0.569 bits per heavy atom. The highest BCUT2D eigenvalue weighted by atomic mass is 16.6. The lowest BCUT2D eigenvalue weighted by Crippen LogP contribution is -2.30. The van der Waals surface area contributed by atoms with E-state index in [9.17, 15) is 14.4 Å². The maximum Gasteiger partial charge on any atom is 0.306 e. The minimum Gasteiger partial charge on any atom is -0.462 e. The van der Waals surface area contributed by atoms with Gasteiger partial charge in [0.2, 0.25) is 0 Å². The van der Waals surface area contributed by atoms with Gasteiger partial charge in [-0.25, -0.2) is 0 Å². The summed E-state index contributed by atoms with van der Waals surface area (Å²) in [4.78, 5) is 37.9. The smallest absolute Gasteiger partial charge is 0.306 e. The van der Waals surface area contributed by atoms with Crippen molar-refractivity contribution in [3.63, 3.8) is 0 Å². The molecule has 6 nitrogen and oxygen atoms in total. The van der Waals surface area contributed by atoms with Crippen LogP contribution in [-0.4, -0.2) is 37.2 Å². The molecule has 0 aromatic heterocycles. The van der Waals surface area contributed by atoms with Crippen LogP contribution in [0.5, 0.6) is 0 Å². The Morgan fingerprint density at radius 3 is 0.862 bits per heavy atom. The average molecular weight is 819 g/mol. The largest absolute Gasteiger partial charge is 0.462 e. The number of esters is 3. The van der Waals surface area contributed by atoms with E-state index in [1.165, 1.54) is 186 Å². The standard InChI is InChI=1S/C52H98O6/c1-4-7-10-13-16-19-22-24-25-26-27-28-31-34-37-40-43-46-52(55)58-49(47-56-50(53)44-41-38-35-32-29-21-18-15-12-9-6-3)48-57-51(54)45-42-39-36-33-30-23-20-17-14-11-8-5-2/h24-25,49H,4-23,26-48H2,1-3H3/b25-24-/t49-/m0/s1. The summed E-state index contributed by atoms with van der Waals surface area (Å²) in [6.07, 6.45) is 51.9. The van der Waals surface area contributed by atoms with Crippen LogP contribution in [0.3, 0.4) is 0 Å². The molecule has 58 heavy (non-hydrogen) atoms. The monoisotopic (exact) mass is 819 g/mol. The van der Waals surface area contributed by atoms with Crippen LogP contribution in [0.15, 0.2) is 12.2 Å². The Morgan fingerprint density at radius 1 is 0.328 bits per heavy atom. The van der Waals surface area contributed by atoms with Gasteiger partial charge in [-0.15, -0.1) is 0 Å². The summed E-state index contributed by atoms with van der Waals surface area (Å²) < 4.78 is 16.8. The van der Waals surface area contributed by atoms with E-state index < -0.39 is 6.10 Å². The minimum absolute atomic E-state index is 0.0667. The van der Waals surface area contributed by atoms with E-state index in [1.54, 1.807) is 0 Å². The molecule has 0 aromatic carbocycles. The van der Waals surface area contributed by atoms with Crippen molar-refractivity contribution in [1.29, 1.82) is 0 Å². The summed E-state index contributed by atoms with van der Waals surface area (Å²) >= 11 is 0. The molecule has 0 bridgehead atoms. The molecule has 0 aliphatic heterocycles. The lowest BCUT2D eigenvalue weighted by atomic mass is 10.0. The number of rotatable bonds is 47. The van der Waals surface area contributed by atoms with Crippen molar-refractivity contribution in [2.75, 3.05) is 13.2 Å². The van der Waals surface area contributed by atoms with Crippen LogP contribution >= 0.6 is 0 Å². The van der Waals surface area contributed by atoms with Gasteiger partial charge in [0.1, 0.15) is 13.2 Å². The summed E-state index contributed by atoms with van der Waals surface area (Å²) in [6.45, 7) is 6.65. The van der Waals surface area contributed by atoms with Gasteiger partial charge in [-0.05, 0) is 44.9 Å². The molecule has 0 radical (unpaired) electrons. The van der Waals surface area contributed by atoms with Crippen molar-refractivity contribution in [3.8, 4) is 0 Å². The summed E-state index contributed by atoms with van der Waals surface area (Å²) in [5.74, 6) is -0.857. The third-order valence-corrected chi connectivity index (χ3v) is 11.5. The zero-order valence-corrected chi connectivity index (χ0v) is 39.1. The van der Waals surface area contributed by atoms with E-state index in [0.717, 1.165) is 57.8 Å². The van der Waals surface area contributed by atoms with E-state index in [2.05, 4.69) is 32.9 Å². The molecule has 342 valence electrons. The van der Waals surface area contributed by atoms with E-state index in [-0.39, 0.29) is 31.1 Å². The van der Waals surface area contributed by atoms with Crippen molar-refractivity contribution < 1.29 is 28.6 Å². The second kappa shape index (κ2) is 47.8. The number of hydrogen-bond donors (Lipinski definition) is 0. The van der Waals surface area contributed by atoms with Crippen LogP contribution < -0.4 is 0 Å². The second-order valence-corrected chi connectivity index (χ2v) is 17.4. The Balaban J connectivity index is 4.31. The minimum atomic E-state index is -0.764. The van der Waals surface area contributed by atoms with Crippen LogP contribution in [0.25, 0.3) is 0 Å². The maximum atomic E-state index is 12.8. The molecule has 1 atom stereocenters. The molecule has 0 N–H and O–H groups in total. The first-order valence-corrected chi connectivity index (χ1v) is 25.7. The highest BCUT2D eigenvalue weighted by Crippen LogP contribution is 2.16. The van der Waals surface area contributed by atoms with Gasteiger partial charge < -0.3 is 14.2 Å². The summed E-state index contributed by atoms with van der Waals surface area (Å²) in [5.41, 5.74) is 0. The molecule has 0 spiro atoms. The molecule has 0 aliphatic rings. The number of carbonyl (C=O) groups excluding carboxylic acids is 3. The van der Waals surface area contributed by atoms with Crippen LogP contribution in [0.2, 0.25) is 0 Å². The first kappa shape index (κ1) is 56.1. The molecule has 0 unspecified atom stereocenters. The topological polar surface area (TPSA) is 78.9 Å². The molecular weight excluding hydrogens is 721 g/mol. The first-order chi connectivity index (χ1) is 28.5. The fourth-order valence-electron chi connectivity index (χ4n) is 7.61. The van der Waals surface area contributed by atoms with E-state index in [4.69, 9.17) is 14.2 Å². The summed E-state index contributed by atoms with van der Waals surface area (Å²) in [5, 5.41) is 0. The van der Waals surface area contributed by atoms with Gasteiger partial charge in [-0.1, -0.05) is 232 Å². The lowest BCUT2D eigenvalue weighted by Gasteiger charge is -2.18. The number of carbonyl (C=O) groups is 3. The SMILES string of the molecule is CCCCCCCC/C=C\CCCCCCCCCC(=O)O[C@@H](COC(=O)CCCCCCCCCCCCC)COC(=O)CCCCCCCCCCCCCC. The molecule has 0 heterocycles. The van der Waals surface area contributed by atoms with Gasteiger partial charge in [0.15, 0.2) is 6.10 Å². The van der Waals surface area contributed by atoms with Gasteiger partial charge in [0, 0.05) is 19.3 Å². The van der Waals surface area contributed by atoms with E-state index in [0.29, 0.717) is 19.3 Å². The predicted octanol–water partition coefficient (Wildman–Crippen LogP) is 16.6. The zero-order chi connectivity index (χ0) is 42.3. The lowest BCUT2D eigenvalue weighted by molar-refractivity contribution is -0.167. The van der Waals surface area contributed by atoms with Crippen molar-refractivity contribution in [2.24, 2.45) is 0 Å². The number of unbranched alkanes of at least 4 members (excludes halogenated alkanes) is 34. The van der Waals surface area contributed by atoms with Gasteiger partial charge in [-0.2, -0.15) is 0 Å². The van der Waals surface area contributed by atoms with Crippen molar-refractivity contribution in [3.05, 3.63) is 12.2 Å². The van der Waals surface area contributed by atoms with Crippen LogP contribution in [0.1, 0.15) is 284 Å². The first-order valence-electron chi connectivity index (χ1n) is 25.7. The summed E-state index contributed by atoms with van der Waals surface area (Å²) in [7, 11) is 0. The van der Waals surface area contributed by atoms with Crippen molar-refractivity contribution >= 4 is 17.9 Å². The molecule has 0 rings (SSSR count). The third kappa shape index (κ3) is 45.2. The van der Waals surface area contributed by atoms with Gasteiger partial charge >= 0.3 is 17.9 Å². The average Bonchev–Trinajstić information content (AvgIpc) is 3.22. The Hall–Kier alpha value is -1.85. The number of allylic oxidation sites excluding steroid dienone is 2. The number of ether oxygens (including phenoxy) is 3. The Kier molecular flexibility index (Phi) is 46.3. The molecule has 0 amide bonds. The molecule has 0 saturated carbocycles. The van der Waals surface area contributed by atoms with Crippen LogP contribution in [0, 0.1) is 0 Å². The fraction of sp³-hybridized carbons (Fsp3) is 0.904. The fourth-order valence-corrected chi connectivity index (χ4v) is 7.61. The predicted molar refractivity (Wildman–Crippen MR) is 247 cm³/mol. The van der Waals surface area contributed by atoms with Gasteiger partial charge in [0.25, 0.3) is 0 Å². The molecule has 0 fully saturated rings. The maximum absolute atomic E-state index is 12.8. The third-order valence-electron chi connectivity index (χ3n) is 11.5. The Labute approximate surface area is 360 Å². The van der Waals surface area contributed by atoms with Crippen LogP contribution in [-0.2, 0) is 28.6 Å². The van der Waals surface area contributed by atoms with Gasteiger partial charge in [-0.3, -0.25) is 14.4 Å². The molecule has 6 heteroatoms. The molecular formula is C52H98O6. The molecule has 0 aromatic rings. The molecule has 0 aliphatic carbocycles. The van der Waals surface area contributed by atoms with Gasteiger partial charge in [0.05, 0.1) is 0 Å².